The molecule has 2 saturated heterocycles. The highest BCUT2D eigenvalue weighted by molar-refractivity contribution is 6.67. The summed E-state index contributed by atoms with van der Waals surface area (Å²) < 4.78 is 0. The van der Waals surface area contributed by atoms with Gasteiger partial charge < -0.3 is 20.0 Å². The Kier molecular flexibility index (Phi) is 13.3. The summed E-state index contributed by atoms with van der Waals surface area (Å²) in [4.78, 5) is 27.4. The SMILES string of the molecule is Cc1ccc(N2CCN(C(=O)CCl)CC2)cc1.Cc1ccc(N2CCNCC2)cc1.O=C(Cl)CCl. The smallest absolute Gasteiger partial charge is 0.237 e. The van der Waals surface area contributed by atoms with Gasteiger partial charge in [-0.2, -0.15) is 0 Å². The Bertz CT molecular complexity index is 896. The van der Waals surface area contributed by atoms with E-state index in [9.17, 15) is 9.59 Å². The number of rotatable bonds is 4. The number of halogens is 3. The molecule has 2 fully saturated rings. The van der Waals surface area contributed by atoms with E-state index in [0.717, 1.165) is 52.4 Å². The summed E-state index contributed by atoms with van der Waals surface area (Å²) in [5.74, 6) is 0.0294. The molecule has 0 atom stereocenters. The molecule has 192 valence electrons. The second-order valence-electron chi connectivity index (χ2n) is 8.40. The fraction of sp³-hybridized carbons (Fsp3) is 0.462. The molecule has 0 bridgehead atoms. The van der Waals surface area contributed by atoms with Crippen LogP contribution in [0.4, 0.5) is 11.4 Å². The first-order valence-corrected chi connectivity index (χ1v) is 13.2. The van der Waals surface area contributed by atoms with Gasteiger partial charge in [0.15, 0.2) is 0 Å². The van der Waals surface area contributed by atoms with E-state index in [2.05, 4.69) is 77.5 Å². The van der Waals surface area contributed by atoms with Crippen LogP contribution in [0, 0.1) is 13.8 Å². The van der Waals surface area contributed by atoms with Crippen molar-refractivity contribution in [3.05, 3.63) is 59.7 Å². The predicted molar refractivity (Wildman–Crippen MR) is 149 cm³/mol. The Morgan fingerprint density at radius 3 is 1.49 bits per heavy atom. The van der Waals surface area contributed by atoms with E-state index in [1.807, 2.05) is 4.90 Å². The molecular formula is C26H35Cl3N4O2. The number of piperazine rings is 2. The maximum atomic E-state index is 11.4. The molecule has 6 nitrogen and oxygen atoms in total. The largest absolute Gasteiger partial charge is 0.369 e. The molecule has 2 heterocycles. The van der Waals surface area contributed by atoms with E-state index in [-0.39, 0.29) is 17.7 Å². The number of amides is 1. The number of benzene rings is 2. The average molecular weight is 542 g/mol. The van der Waals surface area contributed by atoms with Gasteiger partial charge in [-0.25, -0.2) is 0 Å². The molecule has 2 aliphatic rings. The van der Waals surface area contributed by atoms with Gasteiger partial charge in [0.2, 0.25) is 11.1 Å². The maximum absolute atomic E-state index is 11.4. The van der Waals surface area contributed by atoms with Crippen LogP contribution in [0.2, 0.25) is 0 Å². The molecule has 9 heteroatoms. The Balaban J connectivity index is 0.000000212. The van der Waals surface area contributed by atoms with Crippen LogP contribution in [0.5, 0.6) is 0 Å². The quantitative estimate of drug-likeness (QED) is 0.463. The molecule has 0 aliphatic carbocycles. The van der Waals surface area contributed by atoms with Crippen molar-refractivity contribution in [2.75, 3.05) is 73.9 Å². The Morgan fingerprint density at radius 2 is 1.11 bits per heavy atom. The highest BCUT2D eigenvalue weighted by atomic mass is 35.5. The van der Waals surface area contributed by atoms with E-state index in [1.54, 1.807) is 0 Å². The molecule has 1 N–H and O–H groups in total. The van der Waals surface area contributed by atoms with Gasteiger partial charge in [-0.3, -0.25) is 9.59 Å². The second kappa shape index (κ2) is 15.9. The fourth-order valence-corrected chi connectivity index (χ4v) is 3.90. The van der Waals surface area contributed by atoms with Crippen LogP contribution in [-0.4, -0.2) is 80.2 Å². The number of aryl methyl sites for hydroxylation is 2. The Labute approximate surface area is 224 Å². The van der Waals surface area contributed by atoms with Gasteiger partial charge in [0.25, 0.3) is 0 Å². The van der Waals surface area contributed by atoms with Crippen molar-refractivity contribution in [2.45, 2.75) is 13.8 Å². The van der Waals surface area contributed by atoms with Crippen LogP contribution in [0.1, 0.15) is 11.1 Å². The van der Waals surface area contributed by atoms with E-state index >= 15 is 0 Å². The highest BCUT2D eigenvalue weighted by Crippen LogP contribution is 2.17. The van der Waals surface area contributed by atoms with E-state index in [0.29, 0.717) is 0 Å². The van der Waals surface area contributed by atoms with E-state index < -0.39 is 5.24 Å². The Hall–Kier alpha value is -1.99. The lowest BCUT2D eigenvalue weighted by molar-refractivity contribution is -0.128. The summed E-state index contributed by atoms with van der Waals surface area (Å²) in [6, 6.07) is 17.3. The number of hydrogen-bond acceptors (Lipinski definition) is 5. The van der Waals surface area contributed by atoms with Crippen LogP contribution < -0.4 is 15.1 Å². The van der Waals surface area contributed by atoms with Crippen LogP contribution in [0.25, 0.3) is 0 Å². The fourth-order valence-electron chi connectivity index (χ4n) is 3.73. The van der Waals surface area contributed by atoms with E-state index in [4.69, 9.17) is 34.8 Å². The number of carbonyl (C=O) groups excluding carboxylic acids is 2. The molecule has 1 amide bonds. The zero-order valence-corrected chi connectivity index (χ0v) is 22.7. The molecular weight excluding hydrogens is 507 g/mol. The first kappa shape index (κ1) is 29.2. The van der Waals surface area contributed by atoms with Crippen LogP contribution in [-0.2, 0) is 9.59 Å². The molecule has 2 aromatic rings. The minimum absolute atomic E-state index is 0.0372. The van der Waals surface area contributed by atoms with Crippen molar-refractivity contribution in [1.29, 1.82) is 0 Å². The summed E-state index contributed by atoms with van der Waals surface area (Å²) in [6.07, 6.45) is 0. The van der Waals surface area contributed by atoms with Crippen molar-refractivity contribution < 1.29 is 9.59 Å². The molecule has 0 saturated carbocycles. The van der Waals surface area contributed by atoms with E-state index in [1.165, 1.54) is 22.5 Å². The Morgan fingerprint density at radius 1 is 0.714 bits per heavy atom. The summed E-state index contributed by atoms with van der Waals surface area (Å²) in [5.41, 5.74) is 5.18. The van der Waals surface area contributed by atoms with Crippen molar-refractivity contribution in [1.82, 2.24) is 10.2 Å². The lowest BCUT2D eigenvalue weighted by Crippen LogP contribution is -2.49. The van der Waals surface area contributed by atoms with Gasteiger partial charge >= 0.3 is 0 Å². The van der Waals surface area contributed by atoms with Gasteiger partial charge in [-0.1, -0.05) is 35.4 Å². The molecule has 0 aromatic heterocycles. The molecule has 2 aliphatic heterocycles. The zero-order valence-electron chi connectivity index (χ0n) is 20.5. The predicted octanol–water partition coefficient (Wildman–Crippen LogP) is 4.28. The lowest BCUT2D eigenvalue weighted by Gasteiger charge is -2.35. The molecule has 0 spiro atoms. The normalized spacial score (nSPS) is 15.4. The first-order chi connectivity index (χ1) is 16.8. The number of hydrogen-bond donors (Lipinski definition) is 1. The molecule has 4 rings (SSSR count). The number of nitrogens with one attached hydrogen (secondary N) is 1. The van der Waals surface area contributed by atoms with Crippen molar-refractivity contribution in [3.63, 3.8) is 0 Å². The van der Waals surface area contributed by atoms with Gasteiger partial charge in [-0.05, 0) is 49.7 Å². The zero-order chi connectivity index (χ0) is 25.6. The number of carbonyl (C=O) groups is 2. The third-order valence-electron chi connectivity index (χ3n) is 5.77. The summed E-state index contributed by atoms with van der Waals surface area (Å²) in [6.45, 7) is 12.0. The minimum atomic E-state index is -0.508. The average Bonchev–Trinajstić information content (AvgIpc) is 2.90. The first-order valence-electron chi connectivity index (χ1n) is 11.8. The maximum Gasteiger partial charge on any atom is 0.237 e. The lowest BCUT2D eigenvalue weighted by atomic mass is 10.2. The third-order valence-corrected chi connectivity index (χ3v) is 6.51. The van der Waals surface area contributed by atoms with Gasteiger partial charge in [0, 0.05) is 63.7 Å². The van der Waals surface area contributed by atoms with Crippen LogP contribution in [0.15, 0.2) is 48.5 Å². The molecule has 0 unspecified atom stereocenters. The molecule has 35 heavy (non-hydrogen) atoms. The van der Waals surface area contributed by atoms with Crippen molar-refractivity contribution in [3.8, 4) is 0 Å². The summed E-state index contributed by atoms with van der Waals surface area (Å²) in [7, 11) is 0. The standard InChI is InChI=1S/C13H17ClN2O.C11H16N2.C2H2Cl2O/c1-11-2-4-12(5-3-11)15-6-8-16(9-7-15)13(17)10-14;1-10-2-4-11(5-3-10)13-8-6-12-7-9-13;3-1-2(4)5/h2-5H,6-10H2,1H3;2-5,12H,6-9H2,1H3;1H2. The molecule has 2 aromatic carbocycles. The van der Waals surface area contributed by atoms with Gasteiger partial charge in [0.1, 0.15) is 5.88 Å². The summed E-state index contributed by atoms with van der Waals surface area (Å²) >= 11 is 15.1. The topological polar surface area (TPSA) is 55.9 Å². The number of nitrogens with zero attached hydrogens (tertiary/aromatic N) is 3. The van der Waals surface area contributed by atoms with Crippen LogP contribution in [0.3, 0.4) is 0 Å². The number of alkyl halides is 2. The minimum Gasteiger partial charge on any atom is -0.369 e. The van der Waals surface area contributed by atoms with Crippen LogP contribution >= 0.6 is 34.8 Å². The third kappa shape index (κ3) is 10.7. The monoisotopic (exact) mass is 540 g/mol. The summed E-state index contributed by atoms with van der Waals surface area (Å²) in [5, 5.41) is 2.85. The van der Waals surface area contributed by atoms with Crippen molar-refractivity contribution >= 4 is 57.3 Å². The van der Waals surface area contributed by atoms with Gasteiger partial charge in [-0.15, -0.1) is 23.2 Å². The highest BCUT2D eigenvalue weighted by Gasteiger charge is 2.20. The second-order valence-corrected chi connectivity index (χ2v) is 9.35. The van der Waals surface area contributed by atoms with Gasteiger partial charge in [0.05, 0.1) is 5.88 Å². The number of anilines is 2. The molecule has 0 radical (unpaired) electrons. The van der Waals surface area contributed by atoms with Crippen molar-refractivity contribution in [2.24, 2.45) is 0 Å².